The third kappa shape index (κ3) is 8.92. The highest BCUT2D eigenvalue weighted by Gasteiger charge is 2.04. The van der Waals surface area contributed by atoms with Gasteiger partial charge in [0.25, 0.3) is 0 Å². The second kappa shape index (κ2) is 13.9. The summed E-state index contributed by atoms with van der Waals surface area (Å²) < 4.78 is 0. The Kier molecular flexibility index (Phi) is 9.99. The van der Waals surface area contributed by atoms with Crippen LogP contribution < -0.4 is 10.6 Å². The van der Waals surface area contributed by atoms with Crippen molar-refractivity contribution in [2.45, 2.75) is 13.8 Å². The summed E-state index contributed by atoms with van der Waals surface area (Å²) in [4.78, 5) is 22.5. The number of amides is 2. The van der Waals surface area contributed by atoms with Crippen LogP contribution in [-0.4, -0.2) is 11.8 Å². The smallest absolute Gasteiger partial charge is 0.221 e. The van der Waals surface area contributed by atoms with Crippen molar-refractivity contribution in [1.29, 1.82) is 0 Å². The monoisotopic (exact) mass is 474 g/mol. The molecule has 0 heterocycles. The fourth-order valence-corrected chi connectivity index (χ4v) is 3.43. The molecule has 0 saturated heterocycles. The van der Waals surface area contributed by atoms with Crippen LogP contribution in [0.25, 0.3) is 23.5 Å². The van der Waals surface area contributed by atoms with Crippen LogP contribution >= 0.6 is 0 Å². The Bertz CT molecular complexity index is 1190. The van der Waals surface area contributed by atoms with Crippen molar-refractivity contribution < 1.29 is 9.59 Å². The minimum atomic E-state index is -0.0685. The predicted molar refractivity (Wildman–Crippen MR) is 149 cm³/mol. The maximum atomic E-state index is 11.3. The van der Waals surface area contributed by atoms with Crippen molar-refractivity contribution in [2.24, 2.45) is 0 Å². The number of carbonyl (C=O) groups is 2. The van der Waals surface area contributed by atoms with Gasteiger partial charge in [0, 0.05) is 25.2 Å². The zero-order valence-corrected chi connectivity index (χ0v) is 20.5. The van der Waals surface area contributed by atoms with Gasteiger partial charge in [0.05, 0.1) is 0 Å². The van der Waals surface area contributed by atoms with Gasteiger partial charge in [0.1, 0.15) is 0 Å². The summed E-state index contributed by atoms with van der Waals surface area (Å²) in [6, 6.07) is 39.5. The summed E-state index contributed by atoms with van der Waals surface area (Å²) in [5, 5.41) is 5.73. The van der Waals surface area contributed by atoms with E-state index in [0.717, 1.165) is 33.6 Å². The molecule has 0 fully saturated rings. The van der Waals surface area contributed by atoms with E-state index >= 15 is 0 Å². The van der Waals surface area contributed by atoms with Gasteiger partial charge >= 0.3 is 0 Å². The lowest BCUT2D eigenvalue weighted by molar-refractivity contribution is -0.118. The predicted octanol–water partition coefficient (Wildman–Crippen LogP) is 6.64. The van der Waals surface area contributed by atoms with Crippen LogP contribution in [0.3, 0.4) is 0 Å². The SMILES string of the molecule is CC(=O)N/C(=C\c1ccccc1)c1ccccc1.CC(=O)N/C(=C\c1ccccc1)c1ccccc1. The number of nitrogens with one attached hydrogen (secondary N) is 2. The molecular weight excluding hydrogens is 444 g/mol. The molecule has 0 radical (unpaired) electrons. The van der Waals surface area contributed by atoms with Crippen LogP contribution in [0, 0.1) is 0 Å². The lowest BCUT2D eigenvalue weighted by Crippen LogP contribution is -2.17. The van der Waals surface area contributed by atoms with E-state index in [-0.39, 0.29) is 11.8 Å². The molecule has 0 aliphatic carbocycles. The standard InChI is InChI=1S/2C16H15NO/c2*1-13(18)17-16(15-10-6-3-7-11-15)12-14-8-4-2-5-9-14/h2*2-12H,1H3,(H,17,18)/b2*16-12-. The molecule has 2 amide bonds. The van der Waals surface area contributed by atoms with E-state index in [0.29, 0.717) is 0 Å². The summed E-state index contributed by atoms with van der Waals surface area (Å²) in [6.45, 7) is 3.03. The molecule has 0 aliphatic rings. The number of hydrogen-bond acceptors (Lipinski definition) is 2. The van der Waals surface area contributed by atoms with E-state index in [1.165, 1.54) is 13.8 Å². The fraction of sp³-hybridized carbons (Fsp3) is 0.0625. The first kappa shape index (κ1) is 25.9. The summed E-state index contributed by atoms with van der Waals surface area (Å²) >= 11 is 0. The van der Waals surface area contributed by atoms with Crippen LogP contribution in [0.5, 0.6) is 0 Å². The molecule has 4 heteroatoms. The van der Waals surface area contributed by atoms with E-state index in [1.54, 1.807) is 0 Å². The first-order chi connectivity index (χ1) is 17.5. The van der Waals surface area contributed by atoms with E-state index in [9.17, 15) is 9.59 Å². The summed E-state index contributed by atoms with van der Waals surface area (Å²) in [6.07, 6.45) is 3.94. The molecule has 4 nitrogen and oxygen atoms in total. The Morgan fingerprint density at radius 3 is 1.03 bits per heavy atom. The second-order valence-corrected chi connectivity index (χ2v) is 8.03. The molecular formula is C32H30N2O2. The van der Waals surface area contributed by atoms with Crippen LogP contribution in [0.15, 0.2) is 121 Å². The molecule has 0 saturated carbocycles. The number of benzene rings is 4. The minimum absolute atomic E-state index is 0.0685. The minimum Gasteiger partial charge on any atom is -0.326 e. The normalized spacial score (nSPS) is 11.1. The van der Waals surface area contributed by atoms with Gasteiger partial charge in [0.2, 0.25) is 11.8 Å². The fourth-order valence-electron chi connectivity index (χ4n) is 3.43. The van der Waals surface area contributed by atoms with Crippen LogP contribution in [0.4, 0.5) is 0 Å². The molecule has 0 unspecified atom stereocenters. The second-order valence-electron chi connectivity index (χ2n) is 8.03. The lowest BCUT2D eigenvalue weighted by Gasteiger charge is -2.08. The number of hydrogen-bond donors (Lipinski definition) is 2. The molecule has 2 N–H and O–H groups in total. The summed E-state index contributed by atoms with van der Waals surface area (Å²) in [5.41, 5.74) is 5.74. The average molecular weight is 475 g/mol. The third-order valence-corrected chi connectivity index (χ3v) is 5.01. The molecule has 0 aliphatic heterocycles. The van der Waals surface area contributed by atoms with Gasteiger partial charge in [-0.2, -0.15) is 0 Å². The molecule has 0 aromatic heterocycles. The van der Waals surface area contributed by atoms with Crippen molar-refractivity contribution in [2.75, 3.05) is 0 Å². The molecule has 4 aromatic rings. The highest BCUT2D eigenvalue weighted by Crippen LogP contribution is 2.16. The van der Waals surface area contributed by atoms with E-state index in [2.05, 4.69) is 10.6 Å². The quantitative estimate of drug-likeness (QED) is 0.308. The summed E-state index contributed by atoms with van der Waals surface area (Å²) in [7, 11) is 0. The van der Waals surface area contributed by atoms with E-state index in [1.807, 2.05) is 133 Å². The van der Waals surface area contributed by atoms with Gasteiger partial charge < -0.3 is 10.6 Å². The van der Waals surface area contributed by atoms with Crippen LogP contribution in [0.2, 0.25) is 0 Å². The maximum Gasteiger partial charge on any atom is 0.221 e. The Balaban J connectivity index is 0.000000201. The average Bonchev–Trinajstić information content (AvgIpc) is 2.90. The lowest BCUT2D eigenvalue weighted by atomic mass is 10.1. The van der Waals surface area contributed by atoms with Gasteiger partial charge in [-0.1, -0.05) is 121 Å². The van der Waals surface area contributed by atoms with Gasteiger partial charge in [-0.05, 0) is 34.4 Å². The van der Waals surface area contributed by atoms with E-state index < -0.39 is 0 Å². The molecule has 4 aromatic carbocycles. The molecule has 0 bridgehead atoms. The maximum absolute atomic E-state index is 11.3. The van der Waals surface area contributed by atoms with Crippen molar-refractivity contribution in [3.63, 3.8) is 0 Å². The molecule has 0 atom stereocenters. The van der Waals surface area contributed by atoms with Gasteiger partial charge in [0.15, 0.2) is 0 Å². The molecule has 36 heavy (non-hydrogen) atoms. The molecule has 4 rings (SSSR count). The van der Waals surface area contributed by atoms with Crippen LogP contribution in [-0.2, 0) is 9.59 Å². The number of carbonyl (C=O) groups excluding carboxylic acids is 2. The van der Waals surface area contributed by atoms with Crippen molar-refractivity contribution >= 4 is 35.4 Å². The zero-order chi connectivity index (χ0) is 25.6. The molecule has 180 valence electrons. The Morgan fingerprint density at radius 1 is 0.472 bits per heavy atom. The Labute approximate surface area is 213 Å². The third-order valence-electron chi connectivity index (χ3n) is 5.01. The highest BCUT2D eigenvalue weighted by molar-refractivity contribution is 5.92. The highest BCUT2D eigenvalue weighted by atomic mass is 16.2. The first-order valence-corrected chi connectivity index (χ1v) is 11.7. The van der Waals surface area contributed by atoms with Crippen molar-refractivity contribution in [3.8, 4) is 0 Å². The van der Waals surface area contributed by atoms with Gasteiger partial charge in [-0.15, -0.1) is 0 Å². The van der Waals surface area contributed by atoms with Gasteiger partial charge in [-0.25, -0.2) is 0 Å². The Hall–Kier alpha value is -4.70. The zero-order valence-electron chi connectivity index (χ0n) is 20.5. The largest absolute Gasteiger partial charge is 0.326 e. The van der Waals surface area contributed by atoms with Crippen molar-refractivity contribution in [3.05, 3.63) is 144 Å². The Morgan fingerprint density at radius 2 is 0.750 bits per heavy atom. The van der Waals surface area contributed by atoms with Crippen molar-refractivity contribution in [1.82, 2.24) is 10.6 Å². The van der Waals surface area contributed by atoms with Gasteiger partial charge in [-0.3, -0.25) is 9.59 Å². The molecule has 0 spiro atoms. The summed E-state index contributed by atoms with van der Waals surface area (Å²) in [5.74, 6) is -0.137. The van der Waals surface area contributed by atoms with E-state index in [4.69, 9.17) is 0 Å². The van der Waals surface area contributed by atoms with Crippen LogP contribution in [0.1, 0.15) is 36.1 Å². The topological polar surface area (TPSA) is 58.2 Å². The number of rotatable bonds is 6. The first-order valence-electron chi connectivity index (χ1n) is 11.7.